The molecule has 0 bridgehead atoms. The molecule has 0 aliphatic carbocycles. The highest BCUT2D eigenvalue weighted by Gasteiger charge is 2.47. The van der Waals surface area contributed by atoms with Crippen LogP contribution in [0.4, 0.5) is 4.39 Å². The molecule has 0 radical (unpaired) electrons. The molecule has 4 nitrogen and oxygen atoms in total. The molecule has 6 heteroatoms. The summed E-state index contributed by atoms with van der Waals surface area (Å²) in [6.45, 7) is 1.19. The number of benzene rings is 1. The van der Waals surface area contributed by atoms with Crippen molar-refractivity contribution in [3.8, 4) is 0 Å². The van der Waals surface area contributed by atoms with Gasteiger partial charge in [0.2, 0.25) is 0 Å². The highest BCUT2D eigenvalue weighted by molar-refractivity contribution is 7.54. The standard InChI is InChI=1S/C10H14FO4P/c1-10(12,16(13,14-2)15-3)8-6-4-5-7-9(8)11/h4-7,12H,1-3H3/t10-/m0/s1. The molecule has 0 aliphatic heterocycles. The van der Waals surface area contributed by atoms with E-state index in [1.807, 2.05) is 0 Å². The van der Waals surface area contributed by atoms with Gasteiger partial charge in [-0.3, -0.25) is 4.57 Å². The van der Waals surface area contributed by atoms with Crippen molar-refractivity contribution in [2.24, 2.45) is 0 Å². The molecule has 90 valence electrons. The summed E-state index contributed by atoms with van der Waals surface area (Å²) in [6, 6.07) is 5.50. The molecular formula is C10H14FO4P. The normalized spacial score (nSPS) is 15.8. The maximum absolute atomic E-state index is 13.5. The van der Waals surface area contributed by atoms with Gasteiger partial charge in [-0.25, -0.2) is 4.39 Å². The van der Waals surface area contributed by atoms with Crippen molar-refractivity contribution < 1.29 is 23.1 Å². The number of rotatable bonds is 4. The van der Waals surface area contributed by atoms with E-state index in [1.54, 1.807) is 0 Å². The molecule has 0 unspecified atom stereocenters. The summed E-state index contributed by atoms with van der Waals surface area (Å²) in [6.07, 6.45) is 0. The van der Waals surface area contributed by atoms with E-state index >= 15 is 0 Å². The maximum atomic E-state index is 13.5. The van der Waals surface area contributed by atoms with Gasteiger partial charge in [-0.1, -0.05) is 18.2 Å². The summed E-state index contributed by atoms with van der Waals surface area (Å²) in [5.41, 5.74) is -0.123. The Hall–Kier alpha value is -0.740. The van der Waals surface area contributed by atoms with Gasteiger partial charge in [0.05, 0.1) is 0 Å². The second-order valence-corrected chi connectivity index (χ2v) is 5.96. The topological polar surface area (TPSA) is 55.8 Å². The Morgan fingerprint density at radius 1 is 1.31 bits per heavy atom. The minimum Gasteiger partial charge on any atom is -0.373 e. The second kappa shape index (κ2) is 4.63. The van der Waals surface area contributed by atoms with E-state index < -0.39 is 18.8 Å². The van der Waals surface area contributed by atoms with Crippen LogP contribution in [0.25, 0.3) is 0 Å². The number of aliphatic hydroxyl groups is 1. The second-order valence-electron chi connectivity index (χ2n) is 3.36. The van der Waals surface area contributed by atoms with Crippen molar-refractivity contribution in [1.82, 2.24) is 0 Å². The summed E-state index contributed by atoms with van der Waals surface area (Å²) in [7, 11) is -1.54. The first-order valence-electron chi connectivity index (χ1n) is 4.58. The van der Waals surface area contributed by atoms with E-state index in [-0.39, 0.29) is 5.56 Å². The van der Waals surface area contributed by atoms with Crippen LogP contribution in [0.15, 0.2) is 24.3 Å². The molecule has 0 saturated heterocycles. The third kappa shape index (κ3) is 2.04. The van der Waals surface area contributed by atoms with Crippen LogP contribution >= 0.6 is 7.60 Å². The fourth-order valence-electron chi connectivity index (χ4n) is 1.42. The van der Waals surface area contributed by atoms with Crippen molar-refractivity contribution in [3.05, 3.63) is 35.6 Å². The average molecular weight is 248 g/mol. The van der Waals surface area contributed by atoms with Gasteiger partial charge < -0.3 is 14.2 Å². The lowest BCUT2D eigenvalue weighted by atomic mass is 10.1. The summed E-state index contributed by atoms with van der Waals surface area (Å²) in [5, 5.41) is 8.11. The molecule has 1 rings (SSSR count). The predicted molar refractivity (Wildman–Crippen MR) is 57.6 cm³/mol. The van der Waals surface area contributed by atoms with E-state index in [9.17, 15) is 14.1 Å². The van der Waals surface area contributed by atoms with Crippen molar-refractivity contribution in [2.45, 2.75) is 12.3 Å². The zero-order chi connectivity index (χ0) is 12.4. The van der Waals surface area contributed by atoms with Gasteiger partial charge >= 0.3 is 7.60 Å². The third-order valence-corrected chi connectivity index (χ3v) is 4.67. The third-order valence-electron chi connectivity index (χ3n) is 2.40. The molecule has 0 amide bonds. The summed E-state index contributed by atoms with van der Waals surface area (Å²) in [4.78, 5) is 0. The smallest absolute Gasteiger partial charge is 0.365 e. The molecule has 0 spiro atoms. The molecule has 1 aromatic rings. The molecule has 0 aliphatic rings. The van der Waals surface area contributed by atoms with Gasteiger partial charge in [0.1, 0.15) is 5.82 Å². The lowest BCUT2D eigenvalue weighted by Gasteiger charge is -2.30. The molecule has 0 aromatic heterocycles. The van der Waals surface area contributed by atoms with E-state index in [0.29, 0.717) is 0 Å². The van der Waals surface area contributed by atoms with Crippen molar-refractivity contribution in [2.75, 3.05) is 14.2 Å². The molecular weight excluding hydrogens is 234 g/mol. The Morgan fingerprint density at radius 2 is 1.81 bits per heavy atom. The molecule has 0 saturated carbocycles. The molecule has 1 atom stereocenters. The van der Waals surface area contributed by atoms with Gasteiger partial charge in [-0.15, -0.1) is 0 Å². The zero-order valence-corrected chi connectivity index (χ0v) is 10.2. The fraction of sp³-hybridized carbons (Fsp3) is 0.400. The first-order chi connectivity index (χ1) is 7.39. The zero-order valence-electron chi connectivity index (χ0n) is 9.31. The monoisotopic (exact) mass is 248 g/mol. The maximum Gasteiger partial charge on any atom is 0.365 e. The van der Waals surface area contributed by atoms with Crippen molar-refractivity contribution in [3.63, 3.8) is 0 Å². The minimum atomic E-state index is -3.82. The molecule has 0 heterocycles. The van der Waals surface area contributed by atoms with Crippen LogP contribution in [0.1, 0.15) is 12.5 Å². The van der Waals surface area contributed by atoms with Gasteiger partial charge in [0.15, 0.2) is 5.34 Å². The largest absolute Gasteiger partial charge is 0.373 e. The molecule has 16 heavy (non-hydrogen) atoms. The Bertz CT molecular complexity index is 411. The minimum absolute atomic E-state index is 0.123. The number of hydrogen-bond donors (Lipinski definition) is 1. The van der Waals surface area contributed by atoms with Gasteiger partial charge in [0, 0.05) is 19.8 Å². The highest BCUT2D eigenvalue weighted by atomic mass is 31.2. The Morgan fingerprint density at radius 3 is 2.25 bits per heavy atom. The first-order valence-corrected chi connectivity index (χ1v) is 6.12. The summed E-state index contributed by atoms with van der Waals surface area (Å²) in [5.74, 6) is -0.665. The first kappa shape index (κ1) is 13.3. The summed E-state index contributed by atoms with van der Waals surface area (Å²) >= 11 is 0. The Kier molecular flexibility index (Phi) is 3.86. The predicted octanol–water partition coefficient (Wildman–Crippen LogP) is 2.48. The van der Waals surface area contributed by atoms with Crippen molar-refractivity contribution in [1.29, 1.82) is 0 Å². The van der Waals surface area contributed by atoms with E-state index in [4.69, 9.17) is 0 Å². The van der Waals surface area contributed by atoms with Gasteiger partial charge in [-0.2, -0.15) is 0 Å². The molecule has 0 fully saturated rings. The lowest BCUT2D eigenvalue weighted by Crippen LogP contribution is -2.24. The molecule has 1 N–H and O–H groups in total. The van der Waals surface area contributed by atoms with Crippen LogP contribution < -0.4 is 0 Å². The lowest BCUT2D eigenvalue weighted by molar-refractivity contribution is 0.0899. The van der Waals surface area contributed by atoms with Crippen LogP contribution in [0.5, 0.6) is 0 Å². The van der Waals surface area contributed by atoms with Gasteiger partial charge in [-0.05, 0) is 13.0 Å². The fourth-order valence-corrected chi connectivity index (χ4v) is 2.76. The number of hydrogen-bond acceptors (Lipinski definition) is 4. The van der Waals surface area contributed by atoms with E-state index in [1.165, 1.54) is 31.2 Å². The quantitative estimate of drug-likeness (QED) is 0.831. The van der Waals surface area contributed by atoms with E-state index in [0.717, 1.165) is 14.2 Å². The highest BCUT2D eigenvalue weighted by Crippen LogP contribution is 2.62. The van der Waals surface area contributed by atoms with Crippen LogP contribution in [0.2, 0.25) is 0 Å². The van der Waals surface area contributed by atoms with E-state index in [2.05, 4.69) is 9.05 Å². The number of halogens is 1. The summed E-state index contributed by atoms with van der Waals surface area (Å²) < 4.78 is 34.9. The van der Waals surface area contributed by atoms with Crippen LogP contribution in [0.3, 0.4) is 0 Å². The van der Waals surface area contributed by atoms with Gasteiger partial charge in [0.25, 0.3) is 0 Å². The van der Waals surface area contributed by atoms with Crippen molar-refractivity contribution >= 4 is 7.60 Å². The van der Waals surface area contributed by atoms with Crippen LogP contribution in [0, 0.1) is 5.82 Å². The average Bonchev–Trinajstić information content (AvgIpc) is 2.28. The SMILES string of the molecule is COP(=O)(OC)[C@](C)(O)c1ccccc1F. The molecule has 1 aromatic carbocycles. The Balaban J connectivity index is 3.31. The van der Waals surface area contributed by atoms with Crippen LogP contribution in [-0.2, 0) is 19.0 Å². The Labute approximate surface area is 93.5 Å². The van der Waals surface area contributed by atoms with Crippen LogP contribution in [-0.4, -0.2) is 19.3 Å².